The molecule has 0 bridgehead atoms. The van der Waals surface area contributed by atoms with Crippen LogP contribution in [0.25, 0.3) is 11.0 Å². The standard InChI is InChI=1S/C32H33FN2O4/c1-4-22(3)35(32(38)25-14-10-23(5-2)11-15-25)20-30(36)34(18-24-12-16-27(33)17-13-24)19-26-21-39-29-9-7-6-8-28(29)31(26)37/h6-17,21-22H,4-5,18-20H2,1-3H3. The van der Waals surface area contributed by atoms with Crippen LogP contribution in [0.15, 0.2) is 88.3 Å². The number of amides is 2. The molecule has 0 aliphatic rings. The van der Waals surface area contributed by atoms with Gasteiger partial charge in [0, 0.05) is 18.2 Å². The zero-order valence-electron chi connectivity index (χ0n) is 22.5. The van der Waals surface area contributed by atoms with E-state index in [1.165, 1.54) is 23.3 Å². The molecule has 0 saturated carbocycles. The number of aryl methyl sites for hydroxylation is 1. The first-order valence-corrected chi connectivity index (χ1v) is 13.2. The van der Waals surface area contributed by atoms with Crippen molar-refractivity contribution in [3.05, 3.63) is 117 Å². The molecule has 0 spiro atoms. The maximum Gasteiger partial charge on any atom is 0.254 e. The third-order valence-electron chi connectivity index (χ3n) is 7.05. The lowest BCUT2D eigenvalue weighted by Gasteiger charge is -2.31. The third-order valence-corrected chi connectivity index (χ3v) is 7.05. The average Bonchev–Trinajstić information content (AvgIpc) is 2.97. The van der Waals surface area contributed by atoms with Gasteiger partial charge in [0.15, 0.2) is 5.43 Å². The Balaban J connectivity index is 1.64. The molecule has 0 fully saturated rings. The molecular formula is C32H33FN2O4. The predicted octanol–water partition coefficient (Wildman–Crippen LogP) is 5.96. The normalized spacial score (nSPS) is 11.8. The summed E-state index contributed by atoms with van der Waals surface area (Å²) in [6.45, 7) is 5.88. The summed E-state index contributed by atoms with van der Waals surface area (Å²) < 4.78 is 19.2. The Bertz CT molecular complexity index is 1500. The molecule has 1 unspecified atom stereocenters. The molecule has 0 N–H and O–H groups in total. The lowest BCUT2D eigenvalue weighted by atomic mass is 10.1. The molecule has 3 aromatic carbocycles. The number of halogens is 1. The molecule has 1 aromatic heterocycles. The molecule has 39 heavy (non-hydrogen) atoms. The lowest BCUT2D eigenvalue weighted by molar-refractivity contribution is -0.133. The number of para-hydroxylation sites is 1. The van der Waals surface area contributed by atoms with E-state index in [0.29, 0.717) is 34.1 Å². The molecule has 0 saturated heterocycles. The van der Waals surface area contributed by atoms with Gasteiger partial charge in [0.25, 0.3) is 5.91 Å². The Labute approximate surface area is 227 Å². The van der Waals surface area contributed by atoms with E-state index in [1.54, 1.807) is 53.4 Å². The monoisotopic (exact) mass is 528 g/mol. The first-order chi connectivity index (χ1) is 18.8. The summed E-state index contributed by atoms with van der Waals surface area (Å²) in [5.74, 6) is -0.938. The van der Waals surface area contributed by atoms with Crippen LogP contribution in [0, 0.1) is 5.82 Å². The van der Waals surface area contributed by atoms with E-state index in [4.69, 9.17) is 4.42 Å². The smallest absolute Gasteiger partial charge is 0.254 e. The largest absolute Gasteiger partial charge is 0.464 e. The van der Waals surface area contributed by atoms with E-state index < -0.39 is 0 Å². The minimum Gasteiger partial charge on any atom is -0.464 e. The molecule has 1 atom stereocenters. The Morgan fingerprint density at radius 1 is 0.897 bits per heavy atom. The van der Waals surface area contributed by atoms with Gasteiger partial charge in [-0.3, -0.25) is 14.4 Å². The third kappa shape index (κ3) is 6.60. The summed E-state index contributed by atoms with van der Waals surface area (Å²) in [7, 11) is 0. The van der Waals surface area contributed by atoms with Gasteiger partial charge in [-0.15, -0.1) is 0 Å². The summed E-state index contributed by atoms with van der Waals surface area (Å²) in [6.07, 6.45) is 2.91. The van der Waals surface area contributed by atoms with Gasteiger partial charge in [-0.2, -0.15) is 0 Å². The van der Waals surface area contributed by atoms with Crippen molar-refractivity contribution >= 4 is 22.8 Å². The van der Waals surface area contributed by atoms with Gasteiger partial charge >= 0.3 is 0 Å². The summed E-state index contributed by atoms with van der Waals surface area (Å²) in [4.78, 5) is 43.6. The predicted molar refractivity (Wildman–Crippen MR) is 150 cm³/mol. The highest BCUT2D eigenvalue weighted by molar-refractivity contribution is 5.96. The van der Waals surface area contributed by atoms with E-state index in [-0.39, 0.29) is 48.7 Å². The van der Waals surface area contributed by atoms with Crippen molar-refractivity contribution in [2.24, 2.45) is 0 Å². The van der Waals surface area contributed by atoms with E-state index in [2.05, 4.69) is 0 Å². The second-order valence-corrected chi connectivity index (χ2v) is 9.70. The van der Waals surface area contributed by atoms with Gasteiger partial charge in [0.2, 0.25) is 5.91 Å². The molecular weight excluding hydrogens is 495 g/mol. The Hall–Kier alpha value is -4.26. The van der Waals surface area contributed by atoms with Crippen LogP contribution in [-0.2, 0) is 24.3 Å². The van der Waals surface area contributed by atoms with Crippen molar-refractivity contribution in [3.8, 4) is 0 Å². The average molecular weight is 529 g/mol. The van der Waals surface area contributed by atoms with Crippen LogP contribution in [0.2, 0.25) is 0 Å². The van der Waals surface area contributed by atoms with Gasteiger partial charge in [-0.25, -0.2) is 4.39 Å². The van der Waals surface area contributed by atoms with Crippen molar-refractivity contribution in [1.82, 2.24) is 9.80 Å². The van der Waals surface area contributed by atoms with Gasteiger partial charge < -0.3 is 14.2 Å². The van der Waals surface area contributed by atoms with Crippen LogP contribution in [-0.4, -0.2) is 34.2 Å². The molecule has 0 aliphatic heterocycles. The van der Waals surface area contributed by atoms with Crippen molar-refractivity contribution in [2.45, 2.75) is 52.7 Å². The van der Waals surface area contributed by atoms with Gasteiger partial charge in [0.05, 0.1) is 23.8 Å². The van der Waals surface area contributed by atoms with E-state index >= 15 is 0 Å². The highest BCUT2D eigenvalue weighted by Gasteiger charge is 2.26. The van der Waals surface area contributed by atoms with Crippen LogP contribution in [0.1, 0.15) is 54.2 Å². The Morgan fingerprint density at radius 2 is 1.56 bits per heavy atom. The van der Waals surface area contributed by atoms with Crippen LogP contribution in [0.3, 0.4) is 0 Å². The maximum atomic E-state index is 13.8. The fraction of sp³-hybridized carbons (Fsp3) is 0.281. The van der Waals surface area contributed by atoms with E-state index in [1.807, 2.05) is 32.9 Å². The molecule has 7 heteroatoms. The SMILES string of the molecule is CCc1ccc(C(=O)N(CC(=O)N(Cc2ccc(F)cc2)Cc2coc3ccccc3c2=O)C(C)CC)cc1. The number of fused-ring (bicyclic) bond motifs is 1. The fourth-order valence-electron chi connectivity index (χ4n) is 4.42. The van der Waals surface area contributed by atoms with Gasteiger partial charge in [-0.1, -0.05) is 50.2 Å². The van der Waals surface area contributed by atoms with Gasteiger partial charge in [0.1, 0.15) is 17.9 Å². The summed E-state index contributed by atoms with van der Waals surface area (Å²) in [5.41, 5.74) is 2.90. The molecule has 0 aliphatic carbocycles. The van der Waals surface area contributed by atoms with Gasteiger partial charge in [-0.05, 0) is 67.3 Å². The van der Waals surface area contributed by atoms with Crippen molar-refractivity contribution in [3.63, 3.8) is 0 Å². The second-order valence-electron chi connectivity index (χ2n) is 9.70. The molecule has 0 radical (unpaired) electrons. The number of nitrogens with zero attached hydrogens (tertiary/aromatic N) is 2. The maximum absolute atomic E-state index is 13.8. The summed E-state index contributed by atoms with van der Waals surface area (Å²) >= 11 is 0. The highest BCUT2D eigenvalue weighted by Crippen LogP contribution is 2.17. The van der Waals surface area contributed by atoms with Crippen molar-refractivity contribution in [2.75, 3.05) is 6.54 Å². The van der Waals surface area contributed by atoms with Crippen LogP contribution >= 0.6 is 0 Å². The number of rotatable bonds is 10. The number of benzene rings is 3. The highest BCUT2D eigenvalue weighted by atomic mass is 19.1. The zero-order chi connectivity index (χ0) is 27.9. The van der Waals surface area contributed by atoms with Crippen molar-refractivity contribution < 1.29 is 18.4 Å². The fourth-order valence-corrected chi connectivity index (χ4v) is 4.42. The number of carbonyl (C=O) groups is 2. The lowest BCUT2D eigenvalue weighted by Crippen LogP contribution is -2.46. The first kappa shape index (κ1) is 27.8. The molecule has 2 amide bonds. The van der Waals surface area contributed by atoms with E-state index in [9.17, 15) is 18.8 Å². The molecule has 202 valence electrons. The zero-order valence-corrected chi connectivity index (χ0v) is 22.5. The Morgan fingerprint density at radius 3 is 2.23 bits per heavy atom. The minimum absolute atomic E-state index is 0.0168. The number of hydrogen-bond acceptors (Lipinski definition) is 4. The summed E-state index contributed by atoms with van der Waals surface area (Å²) in [6, 6.07) is 20.0. The van der Waals surface area contributed by atoms with Crippen molar-refractivity contribution in [1.29, 1.82) is 0 Å². The summed E-state index contributed by atoms with van der Waals surface area (Å²) in [5, 5.41) is 0.427. The topological polar surface area (TPSA) is 70.8 Å². The quantitative estimate of drug-likeness (QED) is 0.255. The Kier molecular flexibility index (Phi) is 8.92. The minimum atomic E-state index is -0.380. The first-order valence-electron chi connectivity index (χ1n) is 13.2. The van der Waals surface area contributed by atoms with E-state index in [0.717, 1.165) is 12.0 Å². The van der Waals surface area contributed by atoms with Crippen LogP contribution in [0.5, 0.6) is 0 Å². The molecule has 1 heterocycles. The van der Waals surface area contributed by atoms with Crippen LogP contribution < -0.4 is 5.43 Å². The van der Waals surface area contributed by atoms with Crippen LogP contribution in [0.4, 0.5) is 4.39 Å². The number of hydrogen-bond donors (Lipinski definition) is 0. The molecule has 4 aromatic rings. The second kappa shape index (κ2) is 12.5. The molecule has 4 rings (SSSR count). The number of carbonyl (C=O) groups excluding carboxylic acids is 2. The molecule has 6 nitrogen and oxygen atoms in total.